The van der Waals surface area contributed by atoms with Gasteiger partial charge in [-0.15, -0.1) is 0 Å². The highest BCUT2D eigenvalue weighted by atomic mass is 35.5. The Balaban J connectivity index is 2.96. The summed E-state index contributed by atoms with van der Waals surface area (Å²) in [6.45, 7) is 5.24. The third kappa shape index (κ3) is 5.91. The number of methoxy groups -OCH3 is 1. The summed E-state index contributed by atoms with van der Waals surface area (Å²) < 4.78 is 10.1. The first kappa shape index (κ1) is 18.3. The van der Waals surface area contributed by atoms with E-state index in [0.29, 0.717) is 16.3 Å². The highest BCUT2D eigenvalue weighted by molar-refractivity contribution is 6.31. The lowest BCUT2D eigenvalue weighted by Crippen LogP contribution is -2.28. The van der Waals surface area contributed by atoms with Gasteiger partial charge in [0.25, 0.3) is 0 Å². The van der Waals surface area contributed by atoms with Gasteiger partial charge in [0, 0.05) is 24.2 Å². The number of halogens is 1. The summed E-state index contributed by atoms with van der Waals surface area (Å²) in [5, 5.41) is 12.0. The highest BCUT2D eigenvalue weighted by Crippen LogP contribution is 2.24. The van der Waals surface area contributed by atoms with Gasteiger partial charge in [0.05, 0.1) is 0 Å². The first-order chi connectivity index (χ1) is 10.1. The van der Waals surface area contributed by atoms with Gasteiger partial charge in [0.2, 0.25) is 0 Å². The molecule has 122 valence electrons. The lowest BCUT2D eigenvalue weighted by Gasteiger charge is -2.21. The molecule has 0 saturated heterocycles. The molecule has 1 rings (SSSR count). The van der Waals surface area contributed by atoms with Gasteiger partial charge in [-0.2, -0.15) is 0 Å². The molecule has 6 nitrogen and oxygen atoms in total. The van der Waals surface area contributed by atoms with Gasteiger partial charge in [-0.3, -0.25) is 5.32 Å². The van der Waals surface area contributed by atoms with Crippen LogP contribution in [0.15, 0.2) is 18.2 Å². The van der Waals surface area contributed by atoms with E-state index in [1.165, 1.54) is 13.2 Å². The van der Waals surface area contributed by atoms with Crippen molar-refractivity contribution in [1.29, 1.82) is 0 Å². The molecular formula is C15H20ClNO5. The van der Waals surface area contributed by atoms with Crippen LogP contribution in [0.5, 0.6) is 0 Å². The average Bonchev–Trinajstić information content (AvgIpc) is 2.35. The minimum absolute atomic E-state index is 0.0914. The number of carboxylic acid groups (broad SMARTS) is 1. The number of carboxylic acids is 1. The zero-order valence-corrected chi connectivity index (χ0v) is 13.7. The number of carbonyl (C=O) groups is 2. The van der Waals surface area contributed by atoms with Crippen molar-refractivity contribution in [2.24, 2.45) is 0 Å². The SMILES string of the molecule is COC(Cc1ccc(Cl)cc1NC(=O)OC(C)(C)C)C(=O)O. The second-order valence-electron chi connectivity index (χ2n) is 5.70. The largest absolute Gasteiger partial charge is 0.479 e. The minimum Gasteiger partial charge on any atom is -0.479 e. The van der Waals surface area contributed by atoms with Crippen LogP contribution in [0.3, 0.4) is 0 Å². The molecule has 1 unspecified atom stereocenters. The van der Waals surface area contributed by atoms with Crippen LogP contribution in [0.25, 0.3) is 0 Å². The predicted molar refractivity (Wildman–Crippen MR) is 83.4 cm³/mol. The number of hydrogen-bond acceptors (Lipinski definition) is 4. The molecule has 0 radical (unpaired) electrons. The second-order valence-corrected chi connectivity index (χ2v) is 6.13. The number of nitrogens with one attached hydrogen (secondary N) is 1. The van der Waals surface area contributed by atoms with Crippen LogP contribution in [0, 0.1) is 0 Å². The zero-order valence-electron chi connectivity index (χ0n) is 13.0. The van der Waals surface area contributed by atoms with Crippen molar-refractivity contribution < 1.29 is 24.2 Å². The van der Waals surface area contributed by atoms with Crippen molar-refractivity contribution >= 4 is 29.4 Å². The van der Waals surface area contributed by atoms with E-state index < -0.39 is 23.8 Å². The molecule has 0 saturated carbocycles. The van der Waals surface area contributed by atoms with Gasteiger partial charge in [0.1, 0.15) is 5.60 Å². The maximum Gasteiger partial charge on any atom is 0.412 e. The summed E-state index contributed by atoms with van der Waals surface area (Å²) in [4.78, 5) is 22.9. The average molecular weight is 330 g/mol. The molecule has 2 N–H and O–H groups in total. The third-order valence-electron chi connectivity index (χ3n) is 2.67. The molecule has 0 bridgehead atoms. The van der Waals surface area contributed by atoms with E-state index in [1.807, 2.05) is 0 Å². The highest BCUT2D eigenvalue weighted by Gasteiger charge is 2.21. The summed E-state index contributed by atoms with van der Waals surface area (Å²) >= 11 is 5.93. The fourth-order valence-electron chi connectivity index (χ4n) is 1.73. The van der Waals surface area contributed by atoms with Crippen molar-refractivity contribution in [3.63, 3.8) is 0 Å². The molecule has 0 heterocycles. The molecule has 0 aliphatic rings. The van der Waals surface area contributed by atoms with E-state index in [-0.39, 0.29) is 6.42 Å². The molecule has 7 heteroatoms. The van der Waals surface area contributed by atoms with Crippen molar-refractivity contribution in [3.05, 3.63) is 28.8 Å². The summed E-state index contributed by atoms with van der Waals surface area (Å²) in [5.41, 5.74) is 0.341. The van der Waals surface area contributed by atoms with E-state index in [0.717, 1.165) is 0 Å². The quantitative estimate of drug-likeness (QED) is 0.865. The molecule has 1 amide bonds. The van der Waals surface area contributed by atoms with Crippen molar-refractivity contribution in [3.8, 4) is 0 Å². The van der Waals surface area contributed by atoms with Crippen LogP contribution in [0.1, 0.15) is 26.3 Å². The number of benzene rings is 1. The Morgan fingerprint density at radius 3 is 2.50 bits per heavy atom. The first-order valence-corrected chi connectivity index (χ1v) is 7.04. The molecule has 0 aromatic heterocycles. The van der Waals surface area contributed by atoms with Gasteiger partial charge in [-0.1, -0.05) is 17.7 Å². The Hall–Kier alpha value is -1.79. The summed E-state index contributed by atoms with van der Waals surface area (Å²) in [7, 11) is 1.32. The Morgan fingerprint density at radius 2 is 2.00 bits per heavy atom. The van der Waals surface area contributed by atoms with Crippen LogP contribution in [0.2, 0.25) is 5.02 Å². The molecular weight excluding hydrogens is 310 g/mol. The number of anilines is 1. The van der Waals surface area contributed by atoms with Crippen LogP contribution < -0.4 is 5.32 Å². The number of rotatable bonds is 5. The molecule has 0 fully saturated rings. The number of ether oxygens (including phenoxy) is 2. The monoisotopic (exact) mass is 329 g/mol. The summed E-state index contributed by atoms with van der Waals surface area (Å²) in [6.07, 6.45) is -1.56. The maximum absolute atomic E-state index is 11.9. The van der Waals surface area contributed by atoms with E-state index in [1.54, 1.807) is 32.9 Å². The molecule has 1 aromatic rings. The topological polar surface area (TPSA) is 84.9 Å². The number of aliphatic carboxylic acids is 1. The van der Waals surface area contributed by atoms with Crippen LogP contribution >= 0.6 is 11.6 Å². The fourth-order valence-corrected chi connectivity index (χ4v) is 1.90. The molecule has 0 aliphatic carbocycles. The summed E-state index contributed by atoms with van der Waals surface area (Å²) in [6, 6.07) is 4.80. The van der Waals surface area contributed by atoms with E-state index in [2.05, 4.69) is 5.32 Å². The lowest BCUT2D eigenvalue weighted by atomic mass is 10.1. The summed E-state index contributed by atoms with van der Waals surface area (Å²) in [5.74, 6) is -1.08. The lowest BCUT2D eigenvalue weighted by molar-refractivity contribution is -0.148. The smallest absolute Gasteiger partial charge is 0.412 e. The van der Waals surface area contributed by atoms with Crippen molar-refractivity contribution in [2.75, 3.05) is 12.4 Å². The number of carbonyl (C=O) groups excluding carboxylic acids is 1. The maximum atomic E-state index is 11.9. The zero-order chi connectivity index (χ0) is 16.9. The Bertz CT molecular complexity index is 553. The molecule has 22 heavy (non-hydrogen) atoms. The van der Waals surface area contributed by atoms with Gasteiger partial charge < -0.3 is 14.6 Å². The first-order valence-electron chi connectivity index (χ1n) is 6.66. The van der Waals surface area contributed by atoms with Crippen LogP contribution in [-0.2, 0) is 20.7 Å². The van der Waals surface area contributed by atoms with E-state index in [9.17, 15) is 9.59 Å². The minimum atomic E-state index is -1.08. The standard InChI is InChI=1S/C15H20ClNO5/c1-15(2,3)22-14(20)17-11-8-10(16)6-5-9(11)7-12(21-4)13(18)19/h5-6,8,12H,7H2,1-4H3,(H,17,20)(H,18,19). The number of hydrogen-bond donors (Lipinski definition) is 2. The predicted octanol–water partition coefficient (Wildman–Crippen LogP) is 3.33. The third-order valence-corrected chi connectivity index (χ3v) is 2.91. The van der Waals surface area contributed by atoms with Crippen LogP contribution in [0.4, 0.5) is 10.5 Å². The Kier molecular flexibility index (Phi) is 6.20. The van der Waals surface area contributed by atoms with Crippen molar-refractivity contribution in [2.45, 2.75) is 38.9 Å². The Labute approximate surface area is 134 Å². The van der Waals surface area contributed by atoms with Gasteiger partial charge in [-0.25, -0.2) is 9.59 Å². The van der Waals surface area contributed by atoms with Gasteiger partial charge >= 0.3 is 12.1 Å². The van der Waals surface area contributed by atoms with Crippen molar-refractivity contribution in [1.82, 2.24) is 0 Å². The molecule has 0 aliphatic heterocycles. The van der Waals surface area contributed by atoms with Crippen LogP contribution in [-0.4, -0.2) is 36.0 Å². The van der Waals surface area contributed by atoms with Gasteiger partial charge in [-0.05, 0) is 38.5 Å². The molecule has 1 aromatic carbocycles. The fraction of sp³-hybridized carbons (Fsp3) is 0.467. The van der Waals surface area contributed by atoms with E-state index in [4.69, 9.17) is 26.2 Å². The normalized spacial score (nSPS) is 12.6. The van der Waals surface area contributed by atoms with E-state index >= 15 is 0 Å². The molecule has 0 spiro atoms. The van der Waals surface area contributed by atoms with Gasteiger partial charge in [0.15, 0.2) is 6.10 Å². The second kappa shape index (κ2) is 7.47. The number of amides is 1. The molecule has 1 atom stereocenters. The Morgan fingerprint density at radius 1 is 1.36 bits per heavy atom.